The molecule has 4 nitrogen and oxygen atoms in total. The predicted molar refractivity (Wildman–Crippen MR) is 100 cm³/mol. The molecule has 25 heavy (non-hydrogen) atoms. The minimum absolute atomic E-state index is 0.00250. The van der Waals surface area contributed by atoms with Crippen LogP contribution in [0.15, 0.2) is 48.7 Å². The number of carbonyl (C=O) groups is 1. The molecule has 1 amide bonds. The van der Waals surface area contributed by atoms with Gasteiger partial charge in [-0.2, -0.15) is 0 Å². The number of aryl methyl sites for hydroxylation is 1. The van der Waals surface area contributed by atoms with Crippen molar-refractivity contribution in [3.8, 4) is 11.3 Å². The lowest BCUT2D eigenvalue weighted by Crippen LogP contribution is -2.31. The number of H-pyrrole nitrogens is 1. The average molecular weight is 329 g/mol. The molecule has 1 aliphatic heterocycles. The fourth-order valence-electron chi connectivity index (χ4n) is 3.02. The number of fused-ring (bicyclic) bond motifs is 1. The van der Waals surface area contributed by atoms with E-state index >= 15 is 0 Å². The Morgan fingerprint density at radius 3 is 2.72 bits per heavy atom. The van der Waals surface area contributed by atoms with Crippen LogP contribution in [0.2, 0.25) is 0 Å². The second-order valence-corrected chi connectivity index (χ2v) is 6.29. The summed E-state index contributed by atoms with van der Waals surface area (Å²) in [5.41, 5.74) is 7.01. The van der Waals surface area contributed by atoms with E-state index in [1.807, 2.05) is 24.3 Å². The fourth-order valence-corrected chi connectivity index (χ4v) is 3.02. The monoisotopic (exact) mass is 329 g/mol. The van der Waals surface area contributed by atoms with Gasteiger partial charge in [-0.15, -0.1) is 0 Å². The van der Waals surface area contributed by atoms with Gasteiger partial charge in [0, 0.05) is 36.1 Å². The number of nitrogens with one attached hydrogen (secondary N) is 2. The first kappa shape index (κ1) is 15.4. The van der Waals surface area contributed by atoms with Gasteiger partial charge in [0.15, 0.2) is 0 Å². The molecular formula is C21H19N3O. The number of amides is 1. The highest BCUT2D eigenvalue weighted by molar-refractivity contribution is 5.97. The lowest BCUT2D eigenvalue weighted by Gasteiger charge is -2.10. The van der Waals surface area contributed by atoms with Gasteiger partial charge in [0.25, 0.3) is 5.91 Å². The SMILES string of the molecule is Cc1ccc(C=Cc2cc(-c3cc4c([nH]3)CCNC4=O)ccn2)cc1. The first-order chi connectivity index (χ1) is 12.2. The van der Waals surface area contributed by atoms with E-state index in [1.54, 1.807) is 6.20 Å². The van der Waals surface area contributed by atoms with Crippen LogP contribution >= 0.6 is 0 Å². The summed E-state index contributed by atoms with van der Waals surface area (Å²) in [7, 11) is 0. The van der Waals surface area contributed by atoms with Crippen LogP contribution in [0, 0.1) is 6.92 Å². The van der Waals surface area contributed by atoms with Crippen molar-refractivity contribution < 1.29 is 4.79 Å². The van der Waals surface area contributed by atoms with Gasteiger partial charge in [-0.25, -0.2) is 0 Å². The fraction of sp³-hybridized carbons (Fsp3) is 0.143. The number of aromatic amines is 1. The molecular weight excluding hydrogens is 310 g/mol. The Kier molecular flexibility index (Phi) is 3.94. The minimum Gasteiger partial charge on any atom is -0.358 e. The van der Waals surface area contributed by atoms with E-state index in [2.05, 4.69) is 52.5 Å². The highest BCUT2D eigenvalue weighted by Gasteiger charge is 2.19. The molecule has 2 aromatic heterocycles. The lowest BCUT2D eigenvalue weighted by atomic mass is 10.1. The van der Waals surface area contributed by atoms with E-state index in [1.165, 1.54) is 5.56 Å². The molecule has 0 spiro atoms. The third kappa shape index (κ3) is 3.24. The van der Waals surface area contributed by atoms with Gasteiger partial charge in [0.05, 0.1) is 11.3 Å². The number of nitrogens with zero attached hydrogens (tertiary/aromatic N) is 1. The standard InChI is InChI=1S/C21H19N3O/c1-14-2-4-15(5-3-14)6-7-17-12-16(8-10-22-17)20-13-18-19(24-20)9-11-23-21(18)25/h2-8,10,12-13,24H,9,11H2,1H3,(H,23,25). The van der Waals surface area contributed by atoms with Gasteiger partial charge in [-0.05, 0) is 36.8 Å². The highest BCUT2D eigenvalue weighted by atomic mass is 16.1. The zero-order valence-electron chi connectivity index (χ0n) is 14.0. The zero-order chi connectivity index (χ0) is 17.2. The molecule has 0 radical (unpaired) electrons. The Hall–Kier alpha value is -3.14. The molecule has 4 rings (SSSR count). The molecule has 0 unspecified atom stereocenters. The van der Waals surface area contributed by atoms with E-state index in [0.717, 1.165) is 40.2 Å². The third-order valence-corrected chi connectivity index (χ3v) is 4.42. The van der Waals surface area contributed by atoms with Crippen molar-refractivity contribution in [2.24, 2.45) is 0 Å². The summed E-state index contributed by atoms with van der Waals surface area (Å²) in [5, 5.41) is 2.87. The molecule has 3 heterocycles. The molecule has 2 N–H and O–H groups in total. The number of benzene rings is 1. The summed E-state index contributed by atoms with van der Waals surface area (Å²) in [6.07, 6.45) is 6.69. The van der Waals surface area contributed by atoms with Gasteiger partial charge in [0.1, 0.15) is 0 Å². The quantitative estimate of drug-likeness (QED) is 0.767. The third-order valence-electron chi connectivity index (χ3n) is 4.42. The average Bonchev–Trinajstić information content (AvgIpc) is 3.07. The number of hydrogen-bond acceptors (Lipinski definition) is 2. The number of aromatic nitrogens is 2. The number of pyridine rings is 1. The Morgan fingerprint density at radius 2 is 1.92 bits per heavy atom. The first-order valence-electron chi connectivity index (χ1n) is 8.40. The van der Waals surface area contributed by atoms with Gasteiger partial charge in [-0.3, -0.25) is 9.78 Å². The van der Waals surface area contributed by atoms with Crippen molar-refractivity contribution in [2.45, 2.75) is 13.3 Å². The Morgan fingerprint density at radius 1 is 1.08 bits per heavy atom. The summed E-state index contributed by atoms with van der Waals surface area (Å²) in [4.78, 5) is 19.7. The van der Waals surface area contributed by atoms with E-state index < -0.39 is 0 Å². The first-order valence-corrected chi connectivity index (χ1v) is 8.40. The van der Waals surface area contributed by atoms with Crippen molar-refractivity contribution in [3.63, 3.8) is 0 Å². The van der Waals surface area contributed by atoms with E-state index in [0.29, 0.717) is 6.54 Å². The van der Waals surface area contributed by atoms with Gasteiger partial charge in [0.2, 0.25) is 0 Å². The largest absolute Gasteiger partial charge is 0.358 e. The van der Waals surface area contributed by atoms with Crippen LogP contribution in [0.1, 0.15) is 32.9 Å². The maximum Gasteiger partial charge on any atom is 0.253 e. The minimum atomic E-state index is -0.00250. The van der Waals surface area contributed by atoms with Crippen LogP contribution in [-0.4, -0.2) is 22.4 Å². The Balaban J connectivity index is 1.61. The Labute approximate surface area is 146 Å². The number of rotatable bonds is 3. The number of hydrogen-bond donors (Lipinski definition) is 2. The smallest absolute Gasteiger partial charge is 0.253 e. The summed E-state index contributed by atoms with van der Waals surface area (Å²) in [6, 6.07) is 14.3. The molecule has 124 valence electrons. The van der Waals surface area contributed by atoms with Crippen molar-refractivity contribution in [3.05, 3.63) is 76.7 Å². The maximum absolute atomic E-state index is 11.9. The molecule has 0 fully saturated rings. The number of carbonyl (C=O) groups excluding carboxylic acids is 1. The molecule has 4 heteroatoms. The molecule has 0 aliphatic carbocycles. The molecule has 0 saturated carbocycles. The normalized spacial score (nSPS) is 13.7. The van der Waals surface area contributed by atoms with Gasteiger partial charge in [-0.1, -0.05) is 35.9 Å². The second kappa shape index (κ2) is 6.40. The van der Waals surface area contributed by atoms with Crippen LogP contribution < -0.4 is 5.32 Å². The summed E-state index contributed by atoms with van der Waals surface area (Å²) >= 11 is 0. The summed E-state index contributed by atoms with van der Waals surface area (Å²) in [6.45, 7) is 2.77. The van der Waals surface area contributed by atoms with Crippen LogP contribution in [0.3, 0.4) is 0 Å². The molecule has 0 atom stereocenters. The molecule has 1 aromatic carbocycles. The van der Waals surface area contributed by atoms with Crippen molar-refractivity contribution in [1.82, 2.24) is 15.3 Å². The molecule has 0 bridgehead atoms. The molecule has 0 saturated heterocycles. The predicted octanol–water partition coefficient (Wildman–Crippen LogP) is 3.84. The molecule has 3 aromatic rings. The van der Waals surface area contributed by atoms with Crippen LogP contribution in [0.4, 0.5) is 0 Å². The summed E-state index contributed by atoms with van der Waals surface area (Å²) < 4.78 is 0. The van der Waals surface area contributed by atoms with Crippen molar-refractivity contribution >= 4 is 18.1 Å². The second-order valence-electron chi connectivity index (χ2n) is 6.29. The highest BCUT2D eigenvalue weighted by Crippen LogP contribution is 2.24. The Bertz CT molecular complexity index is 952. The van der Waals surface area contributed by atoms with Crippen LogP contribution in [-0.2, 0) is 6.42 Å². The van der Waals surface area contributed by atoms with Crippen molar-refractivity contribution in [2.75, 3.05) is 6.54 Å². The molecule has 1 aliphatic rings. The zero-order valence-corrected chi connectivity index (χ0v) is 14.0. The van der Waals surface area contributed by atoms with Crippen LogP contribution in [0.25, 0.3) is 23.4 Å². The van der Waals surface area contributed by atoms with E-state index in [-0.39, 0.29) is 5.91 Å². The summed E-state index contributed by atoms with van der Waals surface area (Å²) in [5.74, 6) is -0.00250. The van der Waals surface area contributed by atoms with E-state index in [9.17, 15) is 4.79 Å². The van der Waals surface area contributed by atoms with Gasteiger partial charge >= 0.3 is 0 Å². The topological polar surface area (TPSA) is 57.8 Å². The van der Waals surface area contributed by atoms with Crippen molar-refractivity contribution in [1.29, 1.82) is 0 Å². The maximum atomic E-state index is 11.9. The van der Waals surface area contributed by atoms with E-state index in [4.69, 9.17) is 0 Å². The lowest BCUT2D eigenvalue weighted by molar-refractivity contribution is 0.0946. The van der Waals surface area contributed by atoms with Crippen LogP contribution in [0.5, 0.6) is 0 Å². The van der Waals surface area contributed by atoms with Gasteiger partial charge < -0.3 is 10.3 Å².